The Labute approximate surface area is 318 Å². The predicted octanol–water partition coefficient (Wildman–Crippen LogP) is 8.29. The maximum Gasteiger partial charge on any atom is 0.408 e. The topological polar surface area (TPSA) is 106 Å². The lowest BCUT2D eigenvalue weighted by Crippen LogP contribution is -2.36. The largest absolute Gasteiger partial charge is 0.444 e. The van der Waals surface area contributed by atoms with Crippen LogP contribution >= 0.6 is 23.5 Å². The molecule has 0 saturated heterocycles. The summed E-state index contributed by atoms with van der Waals surface area (Å²) in [7, 11) is -3.11. The number of nitrogens with one attached hydrogen (secondary N) is 1. The zero-order chi connectivity index (χ0) is 39.6. The van der Waals surface area contributed by atoms with E-state index >= 15 is 0 Å². The maximum atomic E-state index is 14.4. The highest BCUT2D eigenvalue weighted by molar-refractivity contribution is 8.11. The van der Waals surface area contributed by atoms with Crippen molar-refractivity contribution >= 4 is 68.1 Å². The van der Waals surface area contributed by atoms with Gasteiger partial charge in [0.25, 0.3) is 0 Å². The Kier molecular flexibility index (Phi) is 13.0. The van der Waals surface area contributed by atoms with Crippen molar-refractivity contribution in [3.63, 3.8) is 0 Å². The van der Waals surface area contributed by atoms with E-state index < -0.39 is 68.6 Å². The van der Waals surface area contributed by atoms with Gasteiger partial charge in [-0.1, -0.05) is 23.6 Å². The number of carbonyl (C=O) groups excluding carboxylic acids is 1. The molecule has 0 aliphatic rings. The summed E-state index contributed by atoms with van der Waals surface area (Å²) in [5.74, 6) is 3.97. The summed E-state index contributed by atoms with van der Waals surface area (Å²) in [6, 6.07) is 7.52. The molecule has 4 rings (SSSR count). The molecule has 53 heavy (non-hydrogen) atoms. The summed E-state index contributed by atoms with van der Waals surface area (Å²) >= 11 is 7.61. The second-order valence-electron chi connectivity index (χ2n) is 13.3. The number of hydrogen-bond donors (Lipinski definition) is 1. The lowest BCUT2D eigenvalue weighted by molar-refractivity contribution is -0.141. The lowest BCUT2D eigenvalue weighted by atomic mass is 9.93. The minimum absolute atomic E-state index is 0.0159. The molecule has 0 fully saturated rings. The number of fused-ring (bicyclic) bond motifs is 1. The van der Waals surface area contributed by atoms with Gasteiger partial charge in [0.2, 0.25) is 0 Å². The first-order chi connectivity index (χ1) is 24.5. The number of alkyl carbamates (subject to hydrolysis) is 1. The van der Waals surface area contributed by atoms with E-state index in [-0.39, 0.29) is 56.2 Å². The molecule has 0 aliphatic carbocycles. The number of nitrogens with zero attached hydrogens (tertiary/aromatic N) is 4. The Bertz CT molecular complexity index is 2120. The molecule has 2 aromatic heterocycles. The van der Waals surface area contributed by atoms with Gasteiger partial charge < -0.3 is 10.1 Å². The Morgan fingerprint density at radius 1 is 1.04 bits per heavy atom. The summed E-state index contributed by atoms with van der Waals surface area (Å²) in [5, 5.41) is 7.03. The van der Waals surface area contributed by atoms with Crippen molar-refractivity contribution in [1.29, 1.82) is 0 Å². The quantitative estimate of drug-likeness (QED) is 0.0976. The van der Waals surface area contributed by atoms with Gasteiger partial charge in [-0.3, -0.25) is 8.89 Å². The Hall–Kier alpha value is -3.72. The fourth-order valence-electron chi connectivity index (χ4n) is 5.16. The van der Waals surface area contributed by atoms with Crippen LogP contribution in [0.4, 0.5) is 32.6 Å². The molecule has 0 aliphatic heterocycles. The van der Waals surface area contributed by atoms with E-state index in [9.17, 15) is 35.2 Å². The highest BCUT2D eigenvalue weighted by Crippen LogP contribution is 2.43. The van der Waals surface area contributed by atoms with E-state index in [2.05, 4.69) is 22.3 Å². The average Bonchev–Trinajstić information content (AvgIpc) is 3.36. The van der Waals surface area contributed by atoms with E-state index in [0.717, 1.165) is 24.1 Å². The average molecular weight is 818 g/mol. The van der Waals surface area contributed by atoms with Crippen LogP contribution in [-0.4, -0.2) is 64.6 Å². The zero-order valence-electron chi connectivity index (χ0n) is 29.9. The molecule has 2 aromatic carbocycles. The number of halogens is 6. The molecule has 1 amide bonds. The van der Waals surface area contributed by atoms with Gasteiger partial charge in [0.05, 0.1) is 27.7 Å². The normalized spacial score (nSPS) is 13.9. The van der Waals surface area contributed by atoms with Crippen molar-refractivity contribution in [3.8, 4) is 23.0 Å². The fraction of sp³-hybridized carbons (Fsp3) is 0.400. The van der Waals surface area contributed by atoms with E-state index in [0.29, 0.717) is 10.7 Å². The van der Waals surface area contributed by atoms with Crippen LogP contribution in [0.3, 0.4) is 0 Å². The molecule has 0 bridgehead atoms. The maximum absolute atomic E-state index is 14.4. The fourth-order valence-corrected chi connectivity index (χ4v) is 7.10. The van der Waals surface area contributed by atoms with Gasteiger partial charge in [0.1, 0.15) is 45.2 Å². The lowest BCUT2D eigenvalue weighted by Gasteiger charge is -2.25. The molecule has 1 N–H and O–H groups in total. The molecule has 0 spiro atoms. The van der Waals surface area contributed by atoms with E-state index in [4.69, 9.17) is 21.3 Å². The first-order valence-electron chi connectivity index (χ1n) is 15.8. The number of anilines is 1. The van der Waals surface area contributed by atoms with Crippen LogP contribution in [0, 0.1) is 23.5 Å². The van der Waals surface area contributed by atoms with E-state index in [1.54, 1.807) is 40.9 Å². The third kappa shape index (κ3) is 10.7. The summed E-state index contributed by atoms with van der Waals surface area (Å²) in [6.07, 6.45) is -1.52. The molecule has 286 valence electrons. The second kappa shape index (κ2) is 16.3. The van der Waals surface area contributed by atoms with Gasteiger partial charge in [0.15, 0.2) is 5.82 Å². The number of rotatable bonds is 10. The first-order valence-corrected chi connectivity index (χ1v) is 20.4. The standard InChI is InChI=1S/C35H37ClF5N5O4S3/c1-33(2,3)50-32(47)43-27(17-20-15-21(37)18-22(38)16-20)29-24(10-9-23(42-29)13-14-34(4,5)52(7)48)25-11-12-26(36)28-30(25)45(19-35(39,40)41)44-31(28)46(51-6)53(8)49/h9-12,15-16,18,27H,17,19H2,1-8H3,(H,43,47). The first kappa shape index (κ1) is 42.0. The van der Waals surface area contributed by atoms with Crippen LogP contribution in [0.25, 0.3) is 22.0 Å². The molecule has 2 heterocycles. The third-order valence-corrected chi connectivity index (χ3v) is 11.6. The van der Waals surface area contributed by atoms with Crippen LogP contribution < -0.4 is 9.03 Å². The zero-order valence-corrected chi connectivity index (χ0v) is 33.2. The Balaban J connectivity index is 2.12. The monoisotopic (exact) mass is 817 g/mol. The number of pyridine rings is 1. The number of amides is 1. The van der Waals surface area contributed by atoms with E-state index in [1.165, 1.54) is 40.5 Å². The third-order valence-electron chi connectivity index (χ3n) is 7.53. The van der Waals surface area contributed by atoms with Crippen LogP contribution in [0.5, 0.6) is 0 Å². The number of ether oxygens (including phenoxy) is 1. The molecule has 18 heteroatoms. The highest BCUT2D eigenvalue weighted by Gasteiger charge is 2.34. The van der Waals surface area contributed by atoms with Crippen molar-refractivity contribution in [1.82, 2.24) is 20.1 Å². The number of benzene rings is 2. The SMILES string of the molecule is CSN(c1nn(CC(F)(F)F)c2c(-c3ccc(C#CC(C)(C)S(C)=O)nc3C(Cc3cc(F)cc(F)c3)NC(=O)OC(C)(C)C)ccc(Cl)c12)S(C)=O. The van der Waals surface area contributed by atoms with Crippen LogP contribution in [-0.2, 0) is 39.5 Å². The number of alkyl halides is 3. The highest BCUT2D eigenvalue weighted by atomic mass is 35.5. The Morgan fingerprint density at radius 3 is 2.21 bits per heavy atom. The molecule has 9 nitrogen and oxygen atoms in total. The molecular weight excluding hydrogens is 781 g/mol. The van der Waals surface area contributed by atoms with Crippen molar-refractivity contribution in [2.45, 2.75) is 70.2 Å². The van der Waals surface area contributed by atoms with Gasteiger partial charge in [-0.05, 0) is 94.8 Å². The molecule has 4 aromatic rings. The Morgan fingerprint density at radius 2 is 1.66 bits per heavy atom. The number of aromatic nitrogens is 3. The predicted molar refractivity (Wildman–Crippen MR) is 201 cm³/mol. The summed E-state index contributed by atoms with van der Waals surface area (Å²) in [5.41, 5.74) is -0.462. The molecule has 0 radical (unpaired) electrons. The molecule has 3 atom stereocenters. The van der Waals surface area contributed by atoms with E-state index in [1.807, 2.05) is 0 Å². The van der Waals surface area contributed by atoms with Crippen molar-refractivity contribution in [3.05, 3.63) is 76.1 Å². The smallest absolute Gasteiger partial charge is 0.408 e. The van der Waals surface area contributed by atoms with Gasteiger partial charge in [0, 0.05) is 46.8 Å². The van der Waals surface area contributed by atoms with Crippen LogP contribution in [0.2, 0.25) is 5.02 Å². The van der Waals surface area contributed by atoms with Gasteiger partial charge in [-0.15, -0.1) is 0 Å². The van der Waals surface area contributed by atoms with Gasteiger partial charge in [-0.2, -0.15) is 18.3 Å². The van der Waals surface area contributed by atoms with Crippen molar-refractivity contribution in [2.75, 3.05) is 22.5 Å². The van der Waals surface area contributed by atoms with Crippen molar-refractivity contribution in [2.24, 2.45) is 0 Å². The van der Waals surface area contributed by atoms with Gasteiger partial charge >= 0.3 is 12.3 Å². The van der Waals surface area contributed by atoms with Crippen LogP contribution in [0.15, 0.2) is 42.5 Å². The number of hydrogen-bond acceptors (Lipinski definition) is 7. The molecule has 3 unspecified atom stereocenters. The summed E-state index contributed by atoms with van der Waals surface area (Å²) in [4.78, 5) is 18.1. The minimum Gasteiger partial charge on any atom is -0.444 e. The minimum atomic E-state index is -4.75. The molecule has 0 saturated carbocycles. The summed E-state index contributed by atoms with van der Waals surface area (Å²) in [6.45, 7) is 6.69. The summed E-state index contributed by atoms with van der Waals surface area (Å²) < 4.78 is 103. The number of carbonyl (C=O) groups is 1. The van der Waals surface area contributed by atoms with Gasteiger partial charge in [-0.25, -0.2) is 26.5 Å². The second-order valence-corrected chi connectivity index (χ2v) is 17.8. The van der Waals surface area contributed by atoms with Crippen LogP contribution in [0.1, 0.15) is 57.6 Å². The van der Waals surface area contributed by atoms with Crippen molar-refractivity contribution < 1.29 is 39.9 Å². The molecular formula is C35H37ClF5N5O4S3.